The van der Waals surface area contributed by atoms with Gasteiger partial charge in [-0.05, 0) is 25.1 Å². The van der Waals surface area contributed by atoms with E-state index in [9.17, 15) is 14.7 Å². The summed E-state index contributed by atoms with van der Waals surface area (Å²) < 4.78 is 8.91. The van der Waals surface area contributed by atoms with Crippen molar-refractivity contribution in [3.05, 3.63) is 69.3 Å². The number of nitrogens with one attached hydrogen (secondary N) is 2. The fraction of sp³-hybridized carbons (Fsp3) is 0.300. The van der Waals surface area contributed by atoms with Gasteiger partial charge in [-0.1, -0.05) is 11.3 Å². The molecule has 0 spiro atoms. The van der Waals surface area contributed by atoms with Crippen molar-refractivity contribution in [3.63, 3.8) is 0 Å². The number of H-pyrrole nitrogens is 2. The highest BCUT2D eigenvalue weighted by atomic mass is 16.5. The standard InChI is InChI=1S/C20H20N6O4/c1-11-8-25(20(29)22-19(11)28)18-7-16(17(10-27)30-18)26-9-15(23-24-26)12-2-3-14-13(6-12)4-5-21-14/h2-6,8-9,16-18,21,27H,7,10H2,1H3,(H,22,28,29)/t16-,17+,18+/m0/s1. The predicted molar refractivity (Wildman–Crippen MR) is 108 cm³/mol. The average molecular weight is 408 g/mol. The Hall–Kier alpha value is -3.50. The van der Waals surface area contributed by atoms with Gasteiger partial charge >= 0.3 is 5.69 Å². The minimum Gasteiger partial charge on any atom is -0.394 e. The zero-order valence-electron chi connectivity index (χ0n) is 16.1. The number of hydrogen-bond acceptors (Lipinski definition) is 6. The number of fused-ring (bicyclic) bond motifs is 1. The lowest BCUT2D eigenvalue weighted by molar-refractivity contribution is -0.0323. The Balaban J connectivity index is 1.45. The van der Waals surface area contributed by atoms with Crippen molar-refractivity contribution in [2.75, 3.05) is 6.61 Å². The number of benzene rings is 1. The van der Waals surface area contributed by atoms with E-state index in [4.69, 9.17) is 4.74 Å². The molecule has 10 nitrogen and oxygen atoms in total. The molecule has 4 heterocycles. The molecular formula is C20H20N6O4. The molecule has 0 saturated carbocycles. The van der Waals surface area contributed by atoms with E-state index >= 15 is 0 Å². The van der Waals surface area contributed by atoms with Crippen LogP contribution in [0.4, 0.5) is 0 Å². The zero-order chi connectivity index (χ0) is 20.8. The smallest absolute Gasteiger partial charge is 0.330 e. The molecule has 0 aliphatic carbocycles. The molecule has 0 bridgehead atoms. The van der Waals surface area contributed by atoms with E-state index in [0.29, 0.717) is 17.7 Å². The van der Waals surface area contributed by atoms with Gasteiger partial charge in [0.05, 0.1) is 18.8 Å². The van der Waals surface area contributed by atoms with Gasteiger partial charge in [0.15, 0.2) is 0 Å². The summed E-state index contributed by atoms with van der Waals surface area (Å²) in [7, 11) is 0. The highest BCUT2D eigenvalue weighted by molar-refractivity contribution is 5.84. The first-order chi connectivity index (χ1) is 14.5. The molecule has 0 amide bonds. The summed E-state index contributed by atoms with van der Waals surface area (Å²) in [5.41, 5.74) is 2.11. The lowest BCUT2D eigenvalue weighted by Gasteiger charge is -2.15. The van der Waals surface area contributed by atoms with Gasteiger partial charge < -0.3 is 14.8 Å². The van der Waals surface area contributed by atoms with E-state index in [-0.39, 0.29) is 12.6 Å². The van der Waals surface area contributed by atoms with Gasteiger partial charge in [-0.2, -0.15) is 0 Å². The molecule has 10 heteroatoms. The van der Waals surface area contributed by atoms with Gasteiger partial charge in [0.25, 0.3) is 5.56 Å². The van der Waals surface area contributed by atoms with Crippen molar-refractivity contribution in [2.45, 2.75) is 31.7 Å². The number of aromatic amines is 2. The van der Waals surface area contributed by atoms with Crippen LogP contribution in [0.2, 0.25) is 0 Å². The van der Waals surface area contributed by atoms with E-state index in [2.05, 4.69) is 20.3 Å². The molecule has 3 aromatic heterocycles. The molecular weight excluding hydrogens is 388 g/mol. The molecule has 0 unspecified atom stereocenters. The molecule has 3 N–H and O–H groups in total. The normalized spacial score (nSPS) is 21.5. The second kappa shape index (κ2) is 7.08. The molecule has 0 radical (unpaired) electrons. The largest absolute Gasteiger partial charge is 0.394 e. The first kappa shape index (κ1) is 18.5. The highest BCUT2D eigenvalue weighted by Gasteiger charge is 2.38. The summed E-state index contributed by atoms with van der Waals surface area (Å²) in [6, 6.07) is 7.66. The van der Waals surface area contributed by atoms with Crippen LogP contribution in [0.1, 0.15) is 24.3 Å². The van der Waals surface area contributed by atoms with E-state index in [0.717, 1.165) is 16.5 Å². The Morgan fingerprint density at radius 1 is 1.27 bits per heavy atom. The summed E-state index contributed by atoms with van der Waals surface area (Å²) in [6.07, 6.45) is 4.38. The van der Waals surface area contributed by atoms with Gasteiger partial charge in [-0.3, -0.25) is 14.3 Å². The maximum atomic E-state index is 12.2. The number of aryl methyl sites for hydroxylation is 1. The van der Waals surface area contributed by atoms with Crippen LogP contribution in [0.25, 0.3) is 22.2 Å². The van der Waals surface area contributed by atoms with Gasteiger partial charge in [-0.15, -0.1) is 5.10 Å². The van der Waals surface area contributed by atoms with Crippen molar-refractivity contribution in [2.24, 2.45) is 0 Å². The van der Waals surface area contributed by atoms with Gasteiger partial charge in [0.2, 0.25) is 0 Å². The third-order valence-electron chi connectivity index (χ3n) is 5.54. The maximum absolute atomic E-state index is 12.2. The Morgan fingerprint density at radius 3 is 2.97 bits per heavy atom. The first-order valence-electron chi connectivity index (χ1n) is 9.61. The lowest BCUT2D eigenvalue weighted by Crippen LogP contribution is -2.33. The van der Waals surface area contributed by atoms with Crippen molar-refractivity contribution < 1.29 is 9.84 Å². The zero-order valence-corrected chi connectivity index (χ0v) is 16.1. The molecule has 1 aliphatic rings. The third-order valence-corrected chi connectivity index (χ3v) is 5.54. The van der Waals surface area contributed by atoms with Crippen LogP contribution >= 0.6 is 0 Å². The number of rotatable bonds is 4. The van der Waals surface area contributed by atoms with E-state index in [1.54, 1.807) is 11.6 Å². The number of nitrogens with zero attached hydrogens (tertiary/aromatic N) is 4. The number of hydrogen-bond donors (Lipinski definition) is 3. The Labute approximate surface area is 169 Å². The maximum Gasteiger partial charge on any atom is 0.330 e. The monoisotopic (exact) mass is 408 g/mol. The summed E-state index contributed by atoms with van der Waals surface area (Å²) in [4.78, 5) is 29.3. The average Bonchev–Trinajstić information content (AvgIpc) is 3.48. The second-order valence-electron chi connectivity index (χ2n) is 7.46. The fourth-order valence-electron chi connectivity index (χ4n) is 3.91. The molecule has 1 aromatic carbocycles. The molecule has 3 atom stereocenters. The van der Waals surface area contributed by atoms with Crippen LogP contribution in [0.15, 0.2) is 52.4 Å². The van der Waals surface area contributed by atoms with E-state index < -0.39 is 23.6 Å². The van der Waals surface area contributed by atoms with Gasteiger partial charge in [0.1, 0.15) is 18.0 Å². The number of aromatic nitrogens is 6. The van der Waals surface area contributed by atoms with Crippen molar-refractivity contribution in [3.8, 4) is 11.3 Å². The summed E-state index contributed by atoms with van der Waals surface area (Å²) in [5.74, 6) is 0. The fourth-order valence-corrected chi connectivity index (χ4v) is 3.91. The molecule has 154 valence electrons. The van der Waals surface area contributed by atoms with Crippen LogP contribution < -0.4 is 11.2 Å². The first-order valence-corrected chi connectivity index (χ1v) is 9.61. The summed E-state index contributed by atoms with van der Waals surface area (Å²) >= 11 is 0. The Kier molecular flexibility index (Phi) is 4.37. The minimum absolute atomic E-state index is 0.233. The highest BCUT2D eigenvalue weighted by Crippen LogP contribution is 2.36. The molecule has 4 aromatic rings. The van der Waals surface area contributed by atoms with E-state index in [1.807, 2.05) is 36.7 Å². The topological polar surface area (TPSA) is 131 Å². The second-order valence-corrected chi connectivity index (χ2v) is 7.46. The van der Waals surface area contributed by atoms with Gasteiger partial charge in [0, 0.05) is 40.8 Å². The lowest BCUT2D eigenvalue weighted by atomic mass is 10.1. The van der Waals surface area contributed by atoms with Crippen molar-refractivity contribution >= 4 is 10.9 Å². The molecule has 1 saturated heterocycles. The summed E-state index contributed by atoms with van der Waals surface area (Å²) in [5, 5.41) is 19.4. The van der Waals surface area contributed by atoms with Crippen LogP contribution in [0.3, 0.4) is 0 Å². The molecule has 1 aliphatic heterocycles. The minimum atomic E-state index is -0.626. The van der Waals surface area contributed by atoms with Gasteiger partial charge in [-0.25, -0.2) is 9.48 Å². The SMILES string of the molecule is Cc1cn([C@H]2C[C@H](n3cc(-c4ccc5[nH]ccc5c4)nn3)[C@@H](CO)O2)c(=O)[nH]c1=O. The predicted octanol–water partition coefficient (Wildman–Crippen LogP) is 1.11. The van der Waals surface area contributed by atoms with Crippen LogP contribution in [-0.2, 0) is 4.74 Å². The Bertz CT molecular complexity index is 1330. The van der Waals surface area contributed by atoms with Crippen LogP contribution in [0, 0.1) is 6.92 Å². The molecule has 30 heavy (non-hydrogen) atoms. The van der Waals surface area contributed by atoms with Crippen LogP contribution in [-0.4, -0.2) is 47.3 Å². The molecule has 5 rings (SSSR count). The van der Waals surface area contributed by atoms with E-state index in [1.165, 1.54) is 10.8 Å². The van der Waals surface area contributed by atoms with Crippen molar-refractivity contribution in [1.82, 2.24) is 29.5 Å². The molecule has 1 fully saturated rings. The number of ether oxygens (including phenoxy) is 1. The van der Waals surface area contributed by atoms with Crippen molar-refractivity contribution in [1.29, 1.82) is 0 Å². The number of aliphatic hydroxyl groups is 1. The third kappa shape index (κ3) is 3.06. The quantitative estimate of drug-likeness (QED) is 0.464. The Morgan fingerprint density at radius 2 is 2.13 bits per heavy atom. The number of aliphatic hydroxyl groups excluding tert-OH is 1. The van der Waals surface area contributed by atoms with Crippen LogP contribution in [0.5, 0.6) is 0 Å². The summed E-state index contributed by atoms with van der Waals surface area (Å²) in [6.45, 7) is 1.39.